The molecule has 2 heterocycles. The fourth-order valence-electron chi connectivity index (χ4n) is 1.60. The number of carboxylic acids is 1. The summed E-state index contributed by atoms with van der Waals surface area (Å²) in [4.78, 5) is 17.6. The van der Waals surface area contributed by atoms with Gasteiger partial charge in [0.2, 0.25) is 0 Å². The SMILES string of the molecule is Nc1c(F)c(-c2ccc(C(F)(F)F)nc2)nc(C(=O)O)c1Cl. The molecular weight excluding hydrogens is 330 g/mol. The molecule has 10 heteroatoms. The average Bonchev–Trinajstić information content (AvgIpc) is 2.44. The van der Waals surface area contributed by atoms with E-state index in [9.17, 15) is 22.4 Å². The van der Waals surface area contributed by atoms with Crippen LogP contribution in [0.15, 0.2) is 18.3 Å². The molecule has 2 aromatic rings. The van der Waals surface area contributed by atoms with Crippen LogP contribution < -0.4 is 5.73 Å². The van der Waals surface area contributed by atoms with E-state index >= 15 is 0 Å². The lowest BCUT2D eigenvalue weighted by molar-refractivity contribution is -0.141. The van der Waals surface area contributed by atoms with Gasteiger partial charge in [0.05, 0.1) is 10.7 Å². The number of rotatable bonds is 2. The molecule has 0 fully saturated rings. The first kappa shape index (κ1) is 16.0. The first-order chi connectivity index (χ1) is 10.1. The number of halogens is 5. The number of hydrogen-bond acceptors (Lipinski definition) is 4. The first-order valence-corrected chi connectivity index (χ1v) is 5.92. The highest BCUT2D eigenvalue weighted by atomic mass is 35.5. The Bertz CT molecular complexity index is 748. The number of alkyl halides is 3. The minimum absolute atomic E-state index is 0.170. The summed E-state index contributed by atoms with van der Waals surface area (Å²) in [5, 5.41) is 8.32. The van der Waals surface area contributed by atoms with E-state index in [2.05, 4.69) is 9.97 Å². The molecule has 0 aliphatic heterocycles. The molecule has 0 aliphatic rings. The second-order valence-corrected chi connectivity index (χ2v) is 4.46. The quantitative estimate of drug-likeness (QED) is 0.822. The zero-order valence-corrected chi connectivity index (χ0v) is 11.2. The van der Waals surface area contributed by atoms with Gasteiger partial charge in [-0.05, 0) is 12.1 Å². The molecule has 0 unspecified atom stereocenters. The lowest BCUT2D eigenvalue weighted by Crippen LogP contribution is -2.10. The van der Waals surface area contributed by atoms with Gasteiger partial charge in [-0.25, -0.2) is 14.2 Å². The topological polar surface area (TPSA) is 89.1 Å². The van der Waals surface area contributed by atoms with Crippen LogP contribution in [-0.2, 0) is 6.18 Å². The zero-order valence-electron chi connectivity index (χ0n) is 10.4. The van der Waals surface area contributed by atoms with Crippen molar-refractivity contribution < 1.29 is 27.5 Å². The van der Waals surface area contributed by atoms with Crippen molar-refractivity contribution in [3.05, 3.63) is 40.6 Å². The number of nitrogens with zero attached hydrogens (tertiary/aromatic N) is 2. The zero-order chi connectivity index (χ0) is 16.7. The van der Waals surface area contributed by atoms with Crippen LogP contribution in [0.1, 0.15) is 16.2 Å². The molecule has 0 aromatic carbocycles. The number of hydrogen-bond donors (Lipinski definition) is 2. The molecule has 0 spiro atoms. The van der Waals surface area contributed by atoms with E-state index in [1.165, 1.54) is 0 Å². The van der Waals surface area contributed by atoms with E-state index < -0.39 is 45.8 Å². The van der Waals surface area contributed by atoms with Crippen LogP contribution in [0.2, 0.25) is 5.02 Å². The molecule has 3 N–H and O–H groups in total. The van der Waals surface area contributed by atoms with Crippen molar-refractivity contribution in [2.75, 3.05) is 5.73 Å². The predicted molar refractivity (Wildman–Crippen MR) is 68.8 cm³/mol. The molecule has 0 saturated carbocycles. The highest BCUT2D eigenvalue weighted by molar-refractivity contribution is 6.35. The van der Waals surface area contributed by atoms with Gasteiger partial charge in [0, 0.05) is 11.8 Å². The third kappa shape index (κ3) is 2.80. The van der Waals surface area contributed by atoms with Crippen molar-refractivity contribution in [1.29, 1.82) is 0 Å². The van der Waals surface area contributed by atoms with Gasteiger partial charge in [0.1, 0.15) is 11.4 Å². The van der Waals surface area contributed by atoms with Crippen LogP contribution in [0.5, 0.6) is 0 Å². The van der Waals surface area contributed by atoms with Gasteiger partial charge in [-0.15, -0.1) is 0 Å². The monoisotopic (exact) mass is 335 g/mol. The summed E-state index contributed by atoms with van der Waals surface area (Å²) in [5.41, 5.74) is 2.06. The fourth-order valence-corrected chi connectivity index (χ4v) is 1.80. The summed E-state index contributed by atoms with van der Waals surface area (Å²) in [5.74, 6) is -2.70. The van der Waals surface area contributed by atoms with Crippen LogP contribution in [0.3, 0.4) is 0 Å². The van der Waals surface area contributed by atoms with Gasteiger partial charge in [-0.2, -0.15) is 13.2 Å². The Morgan fingerprint density at radius 1 is 1.32 bits per heavy atom. The van der Waals surface area contributed by atoms with Crippen molar-refractivity contribution in [2.45, 2.75) is 6.18 Å². The highest BCUT2D eigenvalue weighted by Crippen LogP contribution is 2.33. The molecule has 5 nitrogen and oxygen atoms in total. The van der Waals surface area contributed by atoms with Crippen LogP contribution in [0.25, 0.3) is 11.3 Å². The van der Waals surface area contributed by atoms with Crippen molar-refractivity contribution in [2.24, 2.45) is 0 Å². The molecule has 0 bridgehead atoms. The predicted octanol–water partition coefficient (Wildman–Crippen LogP) is 3.24. The van der Waals surface area contributed by atoms with Gasteiger partial charge in [0.15, 0.2) is 11.5 Å². The van der Waals surface area contributed by atoms with Crippen molar-refractivity contribution >= 4 is 23.3 Å². The minimum atomic E-state index is -4.66. The Morgan fingerprint density at radius 3 is 2.41 bits per heavy atom. The van der Waals surface area contributed by atoms with E-state index in [1.807, 2.05) is 0 Å². The van der Waals surface area contributed by atoms with Gasteiger partial charge < -0.3 is 10.8 Å². The summed E-state index contributed by atoms with van der Waals surface area (Å²) in [6, 6.07) is 1.52. The highest BCUT2D eigenvalue weighted by Gasteiger charge is 2.32. The standard InChI is InChI=1S/C12H6ClF4N3O2/c13-6-8(18)7(14)9(20-10(6)11(21)22)4-1-2-5(19-3-4)12(15,16)17/h1-3H,(H2,18,20)(H,21,22). The summed E-state index contributed by atoms with van der Waals surface area (Å²) in [6.07, 6.45) is -3.94. The molecular formula is C12H6ClF4N3O2. The number of pyridine rings is 2. The second-order valence-electron chi connectivity index (χ2n) is 4.09. The maximum atomic E-state index is 14.0. The number of nitrogens with two attached hydrogens (primary N) is 1. The Morgan fingerprint density at radius 2 is 1.95 bits per heavy atom. The Hall–Kier alpha value is -2.42. The van der Waals surface area contributed by atoms with Crippen LogP contribution in [0, 0.1) is 5.82 Å². The van der Waals surface area contributed by atoms with Crippen LogP contribution in [-0.4, -0.2) is 21.0 Å². The average molecular weight is 336 g/mol. The molecule has 0 saturated heterocycles. The summed E-state index contributed by atoms with van der Waals surface area (Å²) in [6.45, 7) is 0. The number of carbonyl (C=O) groups is 1. The first-order valence-electron chi connectivity index (χ1n) is 5.54. The third-order valence-corrected chi connectivity index (χ3v) is 3.02. The van der Waals surface area contributed by atoms with Crippen molar-refractivity contribution in [1.82, 2.24) is 9.97 Å². The third-order valence-electron chi connectivity index (χ3n) is 2.64. The maximum Gasteiger partial charge on any atom is 0.433 e. The van der Waals surface area contributed by atoms with Crippen molar-refractivity contribution in [3.63, 3.8) is 0 Å². The summed E-state index contributed by atoms with van der Waals surface area (Å²) < 4.78 is 51.3. The maximum absolute atomic E-state index is 14.0. The molecule has 0 atom stereocenters. The molecule has 0 aliphatic carbocycles. The van der Waals surface area contributed by atoms with Crippen LogP contribution in [0.4, 0.5) is 23.2 Å². The summed E-state index contributed by atoms with van der Waals surface area (Å²) >= 11 is 5.57. The lowest BCUT2D eigenvalue weighted by atomic mass is 10.1. The molecule has 0 amide bonds. The van der Waals surface area contributed by atoms with E-state index in [0.717, 1.165) is 6.07 Å². The van der Waals surface area contributed by atoms with E-state index in [-0.39, 0.29) is 5.56 Å². The van der Waals surface area contributed by atoms with Gasteiger partial charge >= 0.3 is 12.1 Å². The number of anilines is 1. The van der Waals surface area contributed by atoms with Crippen LogP contribution >= 0.6 is 11.6 Å². The Kier molecular flexibility index (Phi) is 3.92. The minimum Gasteiger partial charge on any atom is -0.476 e. The number of aromatic carboxylic acids is 1. The molecule has 2 rings (SSSR count). The molecule has 2 aromatic heterocycles. The smallest absolute Gasteiger partial charge is 0.433 e. The molecule has 0 radical (unpaired) electrons. The Balaban J connectivity index is 2.60. The molecule has 22 heavy (non-hydrogen) atoms. The number of aromatic nitrogens is 2. The number of carboxylic acid groups (broad SMARTS) is 1. The van der Waals surface area contributed by atoms with Gasteiger partial charge in [-0.1, -0.05) is 11.6 Å². The fraction of sp³-hybridized carbons (Fsp3) is 0.0833. The van der Waals surface area contributed by atoms with Gasteiger partial charge in [0.25, 0.3) is 0 Å². The normalized spacial score (nSPS) is 11.5. The Labute approximate surface area is 125 Å². The lowest BCUT2D eigenvalue weighted by Gasteiger charge is -2.10. The van der Waals surface area contributed by atoms with Crippen molar-refractivity contribution in [3.8, 4) is 11.3 Å². The van der Waals surface area contributed by atoms with E-state index in [1.54, 1.807) is 0 Å². The van der Waals surface area contributed by atoms with Gasteiger partial charge in [-0.3, -0.25) is 4.98 Å². The second kappa shape index (κ2) is 5.41. The largest absolute Gasteiger partial charge is 0.476 e. The summed E-state index contributed by atoms with van der Waals surface area (Å²) in [7, 11) is 0. The van der Waals surface area contributed by atoms with E-state index in [4.69, 9.17) is 22.4 Å². The van der Waals surface area contributed by atoms with E-state index in [0.29, 0.717) is 12.3 Å². The molecule has 116 valence electrons. The number of nitrogen functional groups attached to an aromatic ring is 1.